The fourth-order valence-electron chi connectivity index (χ4n) is 10.7. The van der Waals surface area contributed by atoms with Gasteiger partial charge in [0.15, 0.2) is 0 Å². The van der Waals surface area contributed by atoms with Crippen LogP contribution >= 0.6 is 0 Å². The quantitative estimate of drug-likeness (QED) is 0.421. The minimum atomic E-state index is -0.416. The maximum Gasteiger partial charge on any atom is 0.0618 e. The molecule has 0 unspecified atom stereocenters. The van der Waals surface area contributed by atoms with Crippen LogP contribution in [0.2, 0.25) is 0 Å². The topological polar surface area (TPSA) is 80.9 Å². The van der Waals surface area contributed by atoms with Crippen LogP contribution in [-0.4, -0.2) is 45.8 Å². The van der Waals surface area contributed by atoms with E-state index in [0.29, 0.717) is 24.2 Å². The van der Waals surface area contributed by atoms with Gasteiger partial charge in [-0.1, -0.05) is 53.2 Å². The SMILES string of the molecule is C[C@]1(CO)C[C@@H](O)[C@]2(C)CC[C@]3(C)C(=CC[C@@H]4[C@@]5(C)CC[C@H](O)[C@@](C)(CO)[C@@H]5CC[C@]43C)[C@@H]2C1. The molecule has 0 aromatic heterocycles. The van der Waals surface area contributed by atoms with Gasteiger partial charge < -0.3 is 20.4 Å². The van der Waals surface area contributed by atoms with Crippen molar-refractivity contribution in [2.75, 3.05) is 13.2 Å². The van der Waals surface area contributed by atoms with Gasteiger partial charge in [-0.2, -0.15) is 0 Å². The lowest BCUT2D eigenvalue weighted by molar-refractivity contribution is -0.219. The van der Waals surface area contributed by atoms with Gasteiger partial charge in [0.2, 0.25) is 0 Å². The fourth-order valence-corrected chi connectivity index (χ4v) is 10.7. The van der Waals surface area contributed by atoms with E-state index in [1.165, 1.54) is 0 Å². The summed E-state index contributed by atoms with van der Waals surface area (Å²) in [4.78, 5) is 0. The zero-order chi connectivity index (χ0) is 24.9. The summed E-state index contributed by atoms with van der Waals surface area (Å²) in [6.07, 6.45) is 10.7. The Bertz CT molecular complexity index is 870. The molecule has 0 heterocycles. The van der Waals surface area contributed by atoms with Gasteiger partial charge in [-0.05, 0) is 97.2 Å². The maximum atomic E-state index is 11.3. The summed E-state index contributed by atoms with van der Waals surface area (Å²) in [7, 11) is 0. The zero-order valence-corrected chi connectivity index (χ0v) is 22.5. The lowest BCUT2D eigenvalue weighted by atomic mass is 9.33. The monoisotopic (exact) mass is 474 g/mol. The van der Waals surface area contributed by atoms with Gasteiger partial charge in [0.05, 0.1) is 18.8 Å². The molecule has 4 N–H and O–H groups in total. The number of rotatable bonds is 2. The highest BCUT2D eigenvalue weighted by Crippen LogP contribution is 2.75. The van der Waals surface area contributed by atoms with E-state index in [0.717, 1.165) is 51.4 Å². The first-order valence-corrected chi connectivity index (χ1v) is 14.0. The Balaban J connectivity index is 1.58. The number of aliphatic hydroxyl groups excluding tert-OH is 4. The van der Waals surface area contributed by atoms with Crippen molar-refractivity contribution in [3.05, 3.63) is 11.6 Å². The number of allylic oxidation sites excluding steroid dienone is 2. The van der Waals surface area contributed by atoms with E-state index < -0.39 is 11.5 Å². The van der Waals surface area contributed by atoms with E-state index in [4.69, 9.17) is 0 Å². The maximum absolute atomic E-state index is 11.3. The van der Waals surface area contributed by atoms with Crippen molar-refractivity contribution in [1.82, 2.24) is 0 Å². The molecular formula is C30H50O4. The molecule has 5 aliphatic carbocycles. The molecule has 4 heteroatoms. The second-order valence-corrected chi connectivity index (χ2v) is 15.0. The Labute approximate surface area is 207 Å². The van der Waals surface area contributed by atoms with E-state index >= 15 is 0 Å². The van der Waals surface area contributed by atoms with Crippen LogP contribution in [0.25, 0.3) is 0 Å². The average Bonchev–Trinajstić information content (AvgIpc) is 2.79. The summed E-state index contributed by atoms with van der Waals surface area (Å²) >= 11 is 0. The highest BCUT2D eigenvalue weighted by Gasteiger charge is 2.69. The number of fused-ring (bicyclic) bond motifs is 7. The standard InChI is InChI=1S/C30H50O4/c1-25(17-31)15-20-19-7-8-22-27(3)11-10-23(33)28(4,18-32)21(27)9-12-30(22,6)29(19,5)14-13-26(20,2)24(34)16-25/h7,20-24,31-34H,8-18H2,1-6H3/t20-,21+,22+,23-,24+,25+,26+,27-,28-,29+,30+/m0/s1. The predicted octanol–water partition coefficient (Wildman–Crippen LogP) is 5.08. The van der Waals surface area contributed by atoms with Crippen LogP contribution in [0.15, 0.2) is 11.6 Å². The summed E-state index contributed by atoms with van der Waals surface area (Å²) in [5.41, 5.74) is 1.21. The van der Waals surface area contributed by atoms with Gasteiger partial charge in [-0.15, -0.1) is 0 Å². The Hall–Kier alpha value is -0.420. The molecule has 0 amide bonds. The largest absolute Gasteiger partial charge is 0.396 e. The molecule has 11 atom stereocenters. The third kappa shape index (κ3) is 2.92. The minimum absolute atomic E-state index is 0.0638. The first-order chi connectivity index (χ1) is 15.7. The average molecular weight is 475 g/mol. The van der Waals surface area contributed by atoms with Crippen molar-refractivity contribution >= 4 is 0 Å². The molecule has 194 valence electrons. The van der Waals surface area contributed by atoms with Crippen molar-refractivity contribution in [3.8, 4) is 0 Å². The smallest absolute Gasteiger partial charge is 0.0618 e. The van der Waals surface area contributed by atoms with Crippen LogP contribution in [0.5, 0.6) is 0 Å². The third-order valence-electron chi connectivity index (χ3n) is 13.5. The number of hydrogen-bond acceptors (Lipinski definition) is 4. The third-order valence-corrected chi connectivity index (χ3v) is 13.5. The van der Waals surface area contributed by atoms with Gasteiger partial charge in [-0.3, -0.25) is 0 Å². The molecule has 34 heavy (non-hydrogen) atoms. The molecule has 0 spiro atoms. The predicted molar refractivity (Wildman–Crippen MR) is 135 cm³/mol. The molecule has 5 rings (SSSR count). The second kappa shape index (κ2) is 7.55. The van der Waals surface area contributed by atoms with Crippen LogP contribution in [0.3, 0.4) is 0 Å². The Morgan fingerprint density at radius 1 is 0.765 bits per heavy atom. The molecular weight excluding hydrogens is 424 g/mol. The Morgan fingerprint density at radius 2 is 1.47 bits per heavy atom. The Kier molecular flexibility index (Phi) is 5.61. The molecule has 4 saturated carbocycles. The van der Waals surface area contributed by atoms with Crippen LogP contribution in [-0.2, 0) is 0 Å². The summed E-state index contributed by atoms with van der Waals surface area (Å²) in [5.74, 6) is 1.20. The molecule has 0 aromatic rings. The van der Waals surface area contributed by atoms with Crippen molar-refractivity contribution in [1.29, 1.82) is 0 Å². The van der Waals surface area contributed by atoms with Crippen LogP contribution < -0.4 is 0 Å². The molecule has 0 aliphatic heterocycles. The van der Waals surface area contributed by atoms with E-state index in [9.17, 15) is 20.4 Å². The summed E-state index contributed by atoms with van der Waals surface area (Å²) in [6.45, 7) is 14.3. The van der Waals surface area contributed by atoms with Crippen molar-refractivity contribution in [3.63, 3.8) is 0 Å². The number of aliphatic hydroxyl groups is 4. The summed E-state index contributed by atoms with van der Waals surface area (Å²) < 4.78 is 0. The van der Waals surface area contributed by atoms with Crippen LogP contribution in [0, 0.1) is 50.2 Å². The fraction of sp³-hybridized carbons (Fsp3) is 0.933. The van der Waals surface area contributed by atoms with Gasteiger partial charge in [0.25, 0.3) is 0 Å². The highest BCUT2D eigenvalue weighted by atomic mass is 16.3. The second-order valence-electron chi connectivity index (χ2n) is 15.0. The normalized spacial score (nSPS) is 59.2. The van der Waals surface area contributed by atoms with E-state index in [1.807, 2.05) is 0 Å². The number of hydrogen-bond donors (Lipinski definition) is 4. The summed E-state index contributed by atoms with van der Waals surface area (Å²) in [5, 5.41) is 42.9. The van der Waals surface area contributed by atoms with E-state index in [1.54, 1.807) is 5.57 Å². The first-order valence-electron chi connectivity index (χ1n) is 14.0. The molecule has 0 bridgehead atoms. The molecule has 4 fully saturated rings. The zero-order valence-electron chi connectivity index (χ0n) is 22.5. The Morgan fingerprint density at radius 3 is 2.12 bits per heavy atom. The van der Waals surface area contributed by atoms with Crippen molar-refractivity contribution in [2.24, 2.45) is 50.2 Å². The van der Waals surface area contributed by atoms with Crippen molar-refractivity contribution < 1.29 is 20.4 Å². The van der Waals surface area contributed by atoms with Crippen LogP contribution in [0.4, 0.5) is 0 Å². The van der Waals surface area contributed by atoms with Gasteiger partial charge >= 0.3 is 0 Å². The minimum Gasteiger partial charge on any atom is -0.396 e. The summed E-state index contributed by atoms with van der Waals surface area (Å²) in [6, 6.07) is 0. The molecule has 4 nitrogen and oxygen atoms in total. The lowest BCUT2D eigenvalue weighted by Gasteiger charge is -2.71. The molecule has 0 aromatic carbocycles. The van der Waals surface area contributed by atoms with Crippen LogP contribution in [0.1, 0.15) is 99.3 Å². The van der Waals surface area contributed by atoms with Gasteiger partial charge in [0, 0.05) is 17.4 Å². The van der Waals surface area contributed by atoms with E-state index in [-0.39, 0.29) is 46.4 Å². The van der Waals surface area contributed by atoms with E-state index in [2.05, 4.69) is 47.6 Å². The molecule has 0 radical (unpaired) electrons. The van der Waals surface area contributed by atoms with Crippen molar-refractivity contribution in [2.45, 2.75) is 112 Å². The van der Waals surface area contributed by atoms with Gasteiger partial charge in [0.1, 0.15) is 0 Å². The van der Waals surface area contributed by atoms with Gasteiger partial charge in [-0.25, -0.2) is 0 Å². The first kappa shape index (κ1) is 25.2. The molecule has 0 saturated heterocycles. The molecule has 5 aliphatic rings. The highest BCUT2D eigenvalue weighted by molar-refractivity contribution is 5.34. The lowest BCUT2D eigenvalue weighted by Crippen LogP contribution is -2.66.